The van der Waals surface area contributed by atoms with Crippen LogP contribution in [0.1, 0.15) is 61.6 Å². The number of piperidine rings is 1. The van der Waals surface area contributed by atoms with Crippen LogP contribution in [0, 0.1) is 5.82 Å². The number of ether oxygens (including phenoxy) is 2. The molecule has 0 atom stereocenters. The minimum Gasteiger partial charge on any atom is -0.492 e. The molecule has 5 rings (SSSR count). The van der Waals surface area contributed by atoms with Crippen LogP contribution in [-0.2, 0) is 14.9 Å². The maximum Gasteiger partial charge on any atom is 0.341 e. The fourth-order valence-electron chi connectivity index (χ4n) is 5.67. The largest absolute Gasteiger partial charge is 0.492 e. The molecule has 1 amide bonds. The first-order chi connectivity index (χ1) is 18.8. The number of halogens is 1. The third kappa shape index (κ3) is 5.71. The van der Waals surface area contributed by atoms with Gasteiger partial charge in [0.15, 0.2) is 0 Å². The van der Waals surface area contributed by atoms with E-state index in [2.05, 4.69) is 23.7 Å². The zero-order chi connectivity index (χ0) is 27.6. The van der Waals surface area contributed by atoms with Gasteiger partial charge in [-0.05, 0) is 74.8 Å². The number of carbonyl (C=O) groups is 2. The summed E-state index contributed by atoms with van der Waals surface area (Å²) >= 11 is 0. The Morgan fingerprint density at radius 3 is 2.51 bits per heavy atom. The number of hydrogen-bond acceptors (Lipinski definition) is 5. The molecule has 1 aromatic heterocycles. The molecule has 0 radical (unpaired) electrons. The normalized spacial score (nSPS) is 17.3. The summed E-state index contributed by atoms with van der Waals surface area (Å²) in [6.45, 7) is 10.2. The van der Waals surface area contributed by atoms with E-state index in [4.69, 9.17) is 9.47 Å². The van der Waals surface area contributed by atoms with Gasteiger partial charge in [-0.3, -0.25) is 9.69 Å². The highest BCUT2D eigenvalue weighted by Gasteiger charge is 2.37. The highest BCUT2D eigenvalue weighted by atomic mass is 19.1. The SMILES string of the molecule is CCOC(=O)C1=CN(C(=O)c2ccc(F)cc2)CC(C)(C)c2c1[nH]c1cc(OCCN3CCCCC3)ccc21. The third-order valence-corrected chi connectivity index (χ3v) is 7.54. The number of likely N-dealkylation sites (tertiary alicyclic amines) is 1. The van der Waals surface area contributed by atoms with Crippen LogP contribution in [0.3, 0.4) is 0 Å². The standard InChI is InChI=1S/C31H36FN3O4/c1-4-38-30(37)25-19-35(29(36)21-8-10-22(32)11-9-21)20-31(2,3)27-24-13-12-23(18-26(24)33-28(25)27)39-17-16-34-14-6-5-7-15-34/h8-13,18-19,33H,4-7,14-17,20H2,1-3H3. The molecule has 0 bridgehead atoms. The number of aromatic nitrogens is 1. The van der Waals surface area contributed by atoms with Crippen molar-refractivity contribution < 1.29 is 23.5 Å². The molecule has 7 nitrogen and oxygen atoms in total. The Balaban J connectivity index is 1.48. The highest BCUT2D eigenvalue weighted by Crippen LogP contribution is 2.41. The van der Waals surface area contributed by atoms with E-state index in [0.717, 1.165) is 41.9 Å². The quantitative estimate of drug-likeness (QED) is 0.406. The van der Waals surface area contributed by atoms with E-state index in [9.17, 15) is 14.0 Å². The Hall–Kier alpha value is -3.65. The Morgan fingerprint density at radius 2 is 1.79 bits per heavy atom. The van der Waals surface area contributed by atoms with Crippen LogP contribution in [0.15, 0.2) is 48.7 Å². The number of H-pyrrole nitrogens is 1. The molecule has 1 fully saturated rings. The van der Waals surface area contributed by atoms with Crippen molar-refractivity contribution in [3.8, 4) is 5.75 Å². The van der Waals surface area contributed by atoms with Crippen LogP contribution in [0.5, 0.6) is 5.75 Å². The summed E-state index contributed by atoms with van der Waals surface area (Å²) in [7, 11) is 0. The van der Waals surface area contributed by atoms with Crippen molar-refractivity contribution in [2.45, 2.75) is 45.4 Å². The van der Waals surface area contributed by atoms with Crippen molar-refractivity contribution in [2.24, 2.45) is 0 Å². The van der Waals surface area contributed by atoms with Gasteiger partial charge >= 0.3 is 5.97 Å². The fraction of sp³-hybridized carbons (Fsp3) is 0.419. The van der Waals surface area contributed by atoms with Crippen LogP contribution in [0.2, 0.25) is 0 Å². The topological polar surface area (TPSA) is 74.9 Å². The third-order valence-electron chi connectivity index (χ3n) is 7.54. The van der Waals surface area contributed by atoms with Gasteiger partial charge in [0.1, 0.15) is 18.2 Å². The summed E-state index contributed by atoms with van der Waals surface area (Å²) in [4.78, 5) is 34.0. The molecule has 1 saturated heterocycles. The van der Waals surface area contributed by atoms with Gasteiger partial charge < -0.3 is 19.4 Å². The molecule has 2 aliphatic heterocycles. The van der Waals surface area contributed by atoms with Crippen molar-refractivity contribution >= 4 is 28.4 Å². The number of amides is 1. The van der Waals surface area contributed by atoms with E-state index in [-0.39, 0.29) is 18.1 Å². The van der Waals surface area contributed by atoms with Crippen molar-refractivity contribution in [2.75, 3.05) is 39.4 Å². The van der Waals surface area contributed by atoms with E-state index < -0.39 is 17.2 Å². The smallest absolute Gasteiger partial charge is 0.341 e. The highest BCUT2D eigenvalue weighted by molar-refractivity contribution is 6.18. The van der Waals surface area contributed by atoms with Gasteiger partial charge in [-0.2, -0.15) is 0 Å². The summed E-state index contributed by atoms with van der Waals surface area (Å²) < 4.78 is 25.0. The van der Waals surface area contributed by atoms with Gasteiger partial charge in [-0.1, -0.05) is 20.3 Å². The molecule has 2 aromatic carbocycles. The van der Waals surface area contributed by atoms with E-state index in [1.807, 2.05) is 18.2 Å². The maximum absolute atomic E-state index is 13.5. The fourth-order valence-corrected chi connectivity index (χ4v) is 5.67. The minimum atomic E-state index is -0.523. The monoisotopic (exact) mass is 533 g/mol. The molecule has 39 heavy (non-hydrogen) atoms. The molecule has 206 valence electrons. The predicted octanol–water partition coefficient (Wildman–Crippen LogP) is 5.51. The number of benzene rings is 2. The molecule has 0 spiro atoms. The van der Waals surface area contributed by atoms with E-state index in [0.29, 0.717) is 24.4 Å². The first-order valence-corrected chi connectivity index (χ1v) is 13.7. The van der Waals surface area contributed by atoms with Gasteiger partial charge in [0, 0.05) is 47.2 Å². The average molecular weight is 534 g/mol. The first-order valence-electron chi connectivity index (χ1n) is 13.7. The van der Waals surface area contributed by atoms with Gasteiger partial charge in [-0.25, -0.2) is 9.18 Å². The number of carbonyl (C=O) groups excluding carboxylic acids is 2. The van der Waals surface area contributed by atoms with Gasteiger partial charge in [0.05, 0.1) is 17.9 Å². The van der Waals surface area contributed by atoms with Crippen LogP contribution in [-0.4, -0.2) is 66.1 Å². The number of hydrogen-bond donors (Lipinski definition) is 1. The van der Waals surface area contributed by atoms with Crippen molar-refractivity contribution in [1.29, 1.82) is 0 Å². The Labute approximate surface area is 228 Å². The number of rotatable bonds is 7. The Morgan fingerprint density at radius 1 is 1.05 bits per heavy atom. The lowest BCUT2D eigenvalue weighted by molar-refractivity contribution is -0.136. The van der Waals surface area contributed by atoms with Crippen LogP contribution in [0.25, 0.3) is 16.5 Å². The number of aromatic amines is 1. The minimum absolute atomic E-state index is 0.204. The number of fused-ring (bicyclic) bond motifs is 3. The van der Waals surface area contributed by atoms with Gasteiger partial charge in [0.25, 0.3) is 5.91 Å². The molecule has 0 aliphatic carbocycles. The summed E-state index contributed by atoms with van der Waals surface area (Å²) in [6, 6.07) is 11.4. The predicted molar refractivity (Wildman–Crippen MR) is 149 cm³/mol. The number of nitrogens with zero attached hydrogens (tertiary/aromatic N) is 2. The van der Waals surface area contributed by atoms with E-state index >= 15 is 0 Å². The molecule has 0 saturated carbocycles. The van der Waals surface area contributed by atoms with Crippen molar-refractivity contribution in [3.05, 3.63) is 71.3 Å². The van der Waals surface area contributed by atoms with Crippen molar-refractivity contribution in [1.82, 2.24) is 14.8 Å². The second kappa shape index (κ2) is 11.2. The lowest BCUT2D eigenvalue weighted by Crippen LogP contribution is -2.36. The molecule has 8 heteroatoms. The number of nitrogens with one attached hydrogen (secondary N) is 1. The maximum atomic E-state index is 13.5. The lowest BCUT2D eigenvalue weighted by atomic mass is 9.81. The van der Waals surface area contributed by atoms with Gasteiger partial charge in [-0.15, -0.1) is 0 Å². The molecule has 3 aromatic rings. The van der Waals surface area contributed by atoms with Crippen LogP contribution >= 0.6 is 0 Å². The number of esters is 1. The Bertz CT molecular complexity index is 1390. The van der Waals surface area contributed by atoms with Crippen LogP contribution < -0.4 is 4.74 Å². The van der Waals surface area contributed by atoms with E-state index in [1.165, 1.54) is 48.4 Å². The molecule has 2 aliphatic rings. The molecular weight excluding hydrogens is 497 g/mol. The average Bonchev–Trinajstić information content (AvgIpc) is 3.26. The van der Waals surface area contributed by atoms with Crippen molar-refractivity contribution in [3.63, 3.8) is 0 Å². The Kier molecular flexibility index (Phi) is 7.75. The first kappa shape index (κ1) is 26.9. The molecule has 1 N–H and O–H groups in total. The summed E-state index contributed by atoms with van der Waals surface area (Å²) in [5, 5.41) is 0.963. The lowest BCUT2D eigenvalue weighted by Gasteiger charge is -2.29. The van der Waals surface area contributed by atoms with E-state index in [1.54, 1.807) is 13.1 Å². The molecular formula is C31H36FN3O4. The van der Waals surface area contributed by atoms with Crippen LogP contribution in [0.4, 0.5) is 4.39 Å². The van der Waals surface area contributed by atoms with Gasteiger partial charge in [0.2, 0.25) is 0 Å². The molecule has 0 unspecified atom stereocenters. The summed E-state index contributed by atoms with van der Waals surface area (Å²) in [5.74, 6) is -0.480. The zero-order valence-electron chi connectivity index (χ0n) is 22.9. The molecule has 3 heterocycles. The zero-order valence-corrected chi connectivity index (χ0v) is 22.9. The summed E-state index contributed by atoms with van der Waals surface area (Å²) in [5.41, 5.74) is 2.52. The second-order valence-corrected chi connectivity index (χ2v) is 10.9. The second-order valence-electron chi connectivity index (χ2n) is 10.9. The summed E-state index contributed by atoms with van der Waals surface area (Å²) in [6.07, 6.45) is 5.36.